The highest BCUT2D eigenvalue weighted by atomic mass is 35.5. The van der Waals surface area contributed by atoms with E-state index < -0.39 is 5.97 Å². The SMILES string of the molecule is CC(C)c1c(C(=O)NCC(=O)OCc2ccccc2)cnn1-c1ccc(Cl)cc1. The van der Waals surface area contributed by atoms with Crippen molar-refractivity contribution in [3.63, 3.8) is 0 Å². The van der Waals surface area contributed by atoms with E-state index in [2.05, 4.69) is 10.4 Å². The van der Waals surface area contributed by atoms with Gasteiger partial charge in [-0.05, 0) is 35.7 Å². The molecule has 0 aliphatic heterocycles. The number of hydrogen-bond acceptors (Lipinski definition) is 4. The van der Waals surface area contributed by atoms with E-state index in [0.717, 1.165) is 16.9 Å². The predicted molar refractivity (Wildman–Crippen MR) is 111 cm³/mol. The van der Waals surface area contributed by atoms with Gasteiger partial charge in [0.2, 0.25) is 0 Å². The van der Waals surface area contributed by atoms with Gasteiger partial charge in [0, 0.05) is 5.02 Å². The molecule has 0 fully saturated rings. The van der Waals surface area contributed by atoms with Gasteiger partial charge in [-0.3, -0.25) is 9.59 Å². The molecule has 1 heterocycles. The van der Waals surface area contributed by atoms with Crippen molar-refractivity contribution in [2.75, 3.05) is 6.54 Å². The first-order chi connectivity index (χ1) is 14.0. The average molecular weight is 412 g/mol. The highest BCUT2D eigenvalue weighted by molar-refractivity contribution is 6.30. The first kappa shape index (κ1) is 20.6. The number of ether oxygens (including phenoxy) is 1. The lowest BCUT2D eigenvalue weighted by Gasteiger charge is -2.13. The molecule has 0 aliphatic rings. The van der Waals surface area contributed by atoms with E-state index in [4.69, 9.17) is 16.3 Å². The number of carbonyl (C=O) groups excluding carboxylic acids is 2. The smallest absolute Gasteiger partial charge is 0.325 e. The van der Waals surface area contributed by atoms with Crippen molar-refractivity contribution < 1.29 is 14.3 Å². The Morgan fingerprint density at radius 2 is 1.79 bits per heavy atom. The number of halogens is 1. The molecular weight excluding hydrogens is 390 g/mol. The zero-order valence-electron chi connectivity index (χ0n) is 16.3. The number of nitrogens with zero attached hydrogens (tertiary/aromatic N) is 2. The van der Waals surface area contributed by atoms with Crippen LogP contribution in [0.25, 0.3) is 5.69 Å². The zero-order chi connectivity index (χ0) is 20.8. The van der Waals surface area contributed by atoms with Gasteiger partial charge < -0.3 is 10.1 Å². The Balaban J connectivity index is 1.66. The number of esters is 1. The lowest BCUT2D eigenvalue weighted by molar-refractivity contribution is -0.143. The molecule has 1 N–H and O–H groups in total. The molecule has 0 aliphatic carbocycles. The van der Waals surface area contributed by atoms with Crippen LogP contribution in [0.15, 0.2) is 60.8 Å². The molecule has 0 spiro atoms. The number of hydrogen-bond donors (Lipinski definition) is 1. The van der Waals surface area contributed by atoms with E-state index >= 15 is 0 Å². The molecule has 0 atom stereocenters. The standard InChI is InChI=1S/C22H22ClN3O3/c1-15(2)21-19(12-25-26(21)18-10-8-17(23)9-11-18)22(28)24-13-20(27)29-14-16-6-4-3-5-7-16/h3-12,15H,13-14H2,1-2H3,(H,24,28). The summed E-state index contributed by atoms with van der Waals surface area (Å²) in [7, 11) is 0. The quantitative estimate of drug-likeness (QED) is 0.593. The van der Waals surface area contributed by atoms with Crippen LogP contribution in [0.2, 0.25) is 5.02 Å². The van der Waals surface area contributed by atoms with Gasteiger partial charge in [-0.25, -0.2) is 4.68 Å². The molecule has 6 nitrogen and oxygen atoms in total. The van der Waals surface area contributed by atoms with Crippen LogP contribution in [-0.2, 0) is 16.1 Å². The minimum Gasteiger partial charge on any atom is -0.460 e. The monoisotopic (exact) mass is 411 g/mol. The number of carbonyl (C=O) groups is 2. The average Bonchev–Trinajstić information content (AvgIpc) is 3.17. The highest BCUT2D eigenvalue weighted by Gasteiger charge is 2.21. The lowest BCUT2D eigenvalue weighted by atomic mass is 10.1. The lowest BCUT2D eigenvalue weighted by Crippen LogP contribution is -2.31. The number of rotatable bonds is 7. The molecule has 3 aromatic rings. The summed E-state index contributed by atoms with van der Waals surface area (Å²) < 4.78 is 6.90. The van der Waals surface area contributed by atoms with Crippen LogP contribution < -0.4 is 5.32 Å². The van der Waals surface area contributed by atoms with Crippen molar-refractivity contribution in [1.29, 1.82) is 0 Å². The van der Waals surface area contributed by atoms with Crippen LogP contribution >= 0.6 is 11.6 Å². The minimum absolute atomic E-state index is 0.0407. The maximum Gasteiger partial charge on any atom is 0.325 e. The van der Waals surface area contributed by atoms with Gasteiger partial charge in [0.25, 0.3) is 5.91 Å². The van der Waals surface area contributed by atoms with Crippen molar-refractivity contribution in [3.8, 4) is 5.69 Å². The van der Waals surface area contributed by atoms with Gasteiger partial charge in [-0.1, -0.05) is 55.8 Å². The normalized spacial score (nSPS) is 10.8. The second-order valence-corrected chi connectivity index (χ2v) is 7.25. The van der Waals surface area contributed by atoms with E-state index in [-0.39, 0.29) is 25.0 Å². The van der Waals surface area contributed by atoms with E-state index in [1.165, 1.54) is 6.20 Å². The Morgan fingerprint density at radius 3 is 2.45 bits per heavy atom. The topological polar surface area (TPSA) is 73.2 Å². The van der Waals surface area contributed by atoms with Gasteiger partial charge >= 0.3 is 5.97 Å². The number of aromatic nitrogens is 2. The molecule has 0 saturated carbocycles. The Bertz CT molecular complexity index is 982. The van der Waals surface area contributed by atoms with Gasteiger partial charge in [-0.2, -0.15) is 5.10 Å². The van der Waals surface area contributed by atoms with Crippen molar-refractivity contribution >= 4 is 23.5 Å². The molecule has 0 radical (unpaired) electrons. The molecule has 1 aromatic heterocycles. The van der Waals surface area contributed by atoms with Crippen LogP contribution in [0.4, 0.5) is 0 Å². The fourth-order valence-corrected chi connectivity index (χ4v) is 3.04. The first-order valence-corrected chi connectivity index (χ1v) is 9.65. The van der Waals surface area contributed by atoms with Crippen LogP contribution in [0.1, 0.15) is 41.4 Å². The van der Waals surface area contributed by atoms with Crippen LogP contribution in [0.3, 0.4) is 0 Å². The second kappa shape index (κ2) is 9.39. The summed E-state index contributed by atoms with van der Waals surface area (Å²) in [6, 6.07) is 16.6. The van der Waals surface area contributed by atoms with Gasteiger partial charge in [0.15, 0.2) is 0 Å². The third-order valence-corrected chi connectivity index (χ3v) is 4.56. The minimum atomic E-state index is -0.501. The second-order valence-electron chi connectivity index (χ2n) is 6.82. The largest absolute Gasteiger partial charge is 0.460 e. The third kappa shape index (κ3) is 5.23. The molecule has 2 aromatic carbocycles. The summed E-state index contributed by atoms with van der Waals surface area (Å²) in [4.78, 5) is 24.6. The summed E-state index contributed by atoms with van der Waals surface area (Å²) in [6.45, 7) is 3.92. The molecule has 29 heavy (non-hydrogen) atoms. The fraction of sp³-hybridized carbons (Fsp3) is 0.227. The van der Waals surface area contributed by atoms with E-state index in [0.29, 0.717) is 10.6 Å². The fourth-order valence-electron chi connectivity index (χ4n) is 2.91. The first-order valence-electron chi connectivity index (χ1n) is 9.27. The maximum atomic E-state index is 12.7. The number of nitrogens with one attached hydrogen (secondary N) is 1. The van der Waals surface area contributed by atoms with Crippen molar-refractivity contribution in [2.24, 2.45) is 0 Å². The van der Waals surface area contributed by atoms with Gasteiger partial charge in [0.1, 0.15) is 13.2 Å². The Kier molecular flexibility index (Phi) is 6.67. The summed E-state index contributed by atoms with van der Waals surface area (Å²) in [5, 5.41) is 7.60. The van der Waals surface area contributed by atoms with Gasteiger partial charge in [0.05, 0.1) is 23.1 Å². The molecule has 0 saturated heterocycles. The molecular formula is C22H22ClN3O3. The van der Waals surface area contributed by atoms with Crippen LogP contribution in [0.5, 0.6) is 0 Å². The molecule has 1 amide bonds. The van der Waals surface area contributed by atoms with Crippen molar-refractivity contribution in [1.82, 2.24) is 15.1 Å². The summed E-state index contributed by atoms with van der Waals surface area (Å²) in [6.07, 6.45) is 1.51. The summed E-state index contributed by atoms with van der Waals surface area (Å²) in [5.74, 6) is -0.831. The summed E-state index contributed by atoms with van der Waals surface area (Å²) >= 11 is 5.96. The van der Waals surface area contributed by atoms with Crippen molar-refractivity contribution in [3.05, 3.63) is 82.6 Å². The Labute approximate surface area is 174 Å². The van der Waals surface area contributed by atoms with Crippen LogP contribution in [0, 0.1) is 0 Å². The molecule has 7 heteroatoms. The maximum absolute atomic E-state index is 12.7. The Hall–Kier alpha value is -3.12. The number of benzene rings is 2. The van der Waals surface area contributed by atoms with Crippen LogP contribution in [-0.4, -0.2) is 28.2 Å². The Morgan fingerprint density at radius 1 is 1.10 bits per heavy atom. The zero-order valence-corrected chi connectivity index (χ0v) is 17.0. The van der Waals surface area contributed by atoms with Gasteiger partial charge in [-0.15, -0.1) is 0 Å². The van der Waals surface area contributed by atoms with E-state index in [9.17, 15) is 9.59 Å². The number of amides is 1. The summed E-state index contributed by atoms with van der Waals surface area (Å²) in [5.41, 5.74) is 2.87. The predicted octanol–water partition coefficient (Wildman–Crippen LogP) is 4.12. The molecule has 3 rings (SSSR count). The molecule has 0 bridgehead atoms. The van der Waals surface area contributed by atoms with E-state index in [1.54, 1.807) is 16.8 Å². The van der Waals surface area contributed by atoms with Crippen molar-refractivity contribution in [2.45, 2.75) is 26.4 Å². The molecule has 150 valence electrons. The molecule has 0 unspecified atom stereocenters. The third-order valence-electron chi connectivity index (χ3n) is 4.31. The highest BCUT2D eigenvalue weighted by Crippen LogP contribution is 2.24. The van der Waals surface area contributed by atoms with E-state index in [1.807, 2.05) is 56.3 Å².